The van der Waals surface area contributed by atoms with Gasteiger partial charge in [-0.3, -0.25) is 4.79 Å². The second-order valence-corrected chi connectivity index (χ2v) is 7.47. The van der Waals surface area contributed by atoms with E-state index in [0.29, 0.717) is 45.0 Å². The Bertz CT molecular complexity index is 935. The van der Waals surface area contributed by atoms with E-state index >= 15 is 0 Å². The molecule has 5 rings (SSSR count). The van der Waals surface area contributed by atoms with E-state index in [-0.39, 0.29) is 11.9 Å². The summed E-state index contributed by atoms with van der Waals surface area (Å²) in [6.07, 6.45) is 1.58. The van der Waals surface area contributed by atoms with Crippen molar-refractivity contribution >= 4 is 5.91 Å². The van der Waals surface area contributed by atoms with Gasteiger partial charge in [0.15, 0.2) is 0 Å². The zero-order chi connectivity index (χ0) is 18.9. The maximum Gasteiger partial charge on any atom is 0.257 e. The van der Waals surface area contributed by atoms with E-state index in [0.717, 1.165) is 29.7 Å². The number of carbonyl (C=O) groups is 1. The predicted octanol–water partition coefficient (Wildman–Crippen LogP) is 3.34. The number of hydrogen-bond acceptors (Lipinski definition) is 5. The van der Waals surface area contributed by atoms with Gasteiger partial charge < -0.3 is 14.4 Å². The van der Waals surface area contributed by atoms with E-state index in [1.165, 1.54) is 11.1 Å². The summed E-state index contributed by atoms with van der Waals surface area (Å²) < 4.78 is 11.2. The third-order valence-corrected chi connectivity index (χ3v) is 5.68. The van der Waals surface area contributed by atoms with Crippen molar-refractivity contribution in [3.05, 3.63) is 64.2 Å². The van der Waals surface area contributed by atoms with Crippen molar-refractivity contribution in [1.29, 1.82) is 0 Å². The van der Waals surface area contributed by atoms with Gasteiger partial charge >= 0.3 is 0 Å². The van der Waals surface area contributed by atoms with Gasteiger partial charge in [-0.2, -0.15) is 10.2 Å². The standard InChI is InChI=1S/C22H23N3O3/c26-22(25-6-9-27-10-7-25)19-12-15(11-16-5-8-28-21(16)19)13-20-18-4-2-1-3-17(18)14-23-24-20/h1-4,11-12,20H,5-10,13-14H2. The normalized spacial score (nSPS) is 20.4. The SMILES string of the molecule is O=C(c1cc(CC2N=NCc3ccccc32)cc2c1OCC2)N1CCOCC1. The molecule has 1 saturated heterocycles. The maximum atomic E-state index is 13.2. The van der Waals surface area contributed by atoms with Crippen molar-refractivity contribution in [1.82, 2.24) is 4.90 Å². The number of nitrogens with zero attached hydrogens (tertiary/aromatic N) is 3. The molecule has 3 heterocycles. The highest BCUT2D eigenvalue weighted by Crippen LogP contribution is 2.35. The Balaban J connectivity index is 1.47. The van der Waals surface area contributed by atoms with Crippen molar-refractivity contribution in [2.45, 2.75) is 25.4 Å². The van der Waals surface area contributed by atoms with Crippen LogP contribution < -0.4 is 4.74 Å². The Kier molecular flexibility index (Phi) is 4.56. The van der Waals surface area contributed by atoms with Crippen molar-refractivity contribution in [2.24, 2.45) is 10.2 Å². The molecule has 0 spiro atoms. The molecule has 28 heavy (non-hydrogen) atoms. The first kappa shape index (κ1) is 17.4. The molecule has 3 aliphatic rings. The third-order valence-electron chi connectivity index (χ3n) is 5.68. The number of hydrogen-bond donors (Lipinski definition) is 0. The molecule has 0 bridgehead atoms. The Labute approximate surface area is 164 Å². The second-order valence-electron chi connectivity index (χ2n) is 7.47. The number of rotatable bonds is 3. The monoisotopic (exact) mass is 377 g/mol. The molecular formula is C22H23N3O3. The van der Waals surface area contributed by atoms with E-state index in [1.807, 2.05) is 17.0 Å². The first-order chi connectivity index (χ1) is 13.8. The van der Waals surface area contributed by atoms with Crippen LogP contribution in [-0.2, 0) is 24.1 Å². The summed E-state index contributed by atoms with van der Waals surface area (Å²) in [5.74, 6) is 0.792. The lowest BCUT2D eigenvalue weighted by Crippen LogP contribution is -2.40. The van der Waals surface area contributed by atoms with Crippen LogP contribution in [0.1, 0.15) is 38.7 Å². The first-order valence-corrected chi connectivity index (χ1v) is 9.89. The molecule has 0 radical (unpaired) electrons. The largest absolute Gasteiger partial charge is 0.492 e. The smallest absolute Gasteiger partial charge is 0.257 e. The molecule has 2 aromatic rings. The van der Waals surface area contributed by atoms with E-state index < -0.39 is 0 Å². The van der Waals surface area contributed by atoms with Gasteiger partial charge in [0.25, 0.3) is 5.91 Å². The number of carbonyl (C=O) groups excluding carboxylic acids is 1. The van der Waals surface area contributed by atoms with Crippen LogP contribution >= 0.6 is 0 Å². The number of benzene rings is 2. The molecule has 1 unspecified atom stereocenters. The van der Waals surface area contributed by atoms with Gasteiger partial charge in [0.2, 0.25) is 0 Å². The van der Waals surface area contributed by atoms with Gasteiger partial charge in [0, 0.05) is 25.9 Å². The van der Waals surface area contributed by atoms with Gasteiger partial charge in [0.1, 0.15) is 11.8 Å². The highest BCUT2D eigenvalue weighted by Gasteiger charge is 2.28. The summed E-state index contributed by atoms with van der Waals surface area (Å²) in [5, 5.41) is 8.82. The summed E-state index contributed by atoms with van der Waals surface area (Å²) in [7, 11) is 0. The molecule has 1 amide bonds. The molecule has 0 N–H and O–H groups in total. The zero-order valence-electron chi connectivity index (χ0n) is 15.8. The lowest BCUT2D eigenvalue weighted by molar-refractivity contribution is 0.0301. The molecule has 1 atom stereocenters. The molecule has 0 saturated carbocycles. The Morgan fingerprint density at radius 2 is 1.96 bits per heavy atom. The number of azo groups is 1. The molecule has 3 aliphatic heterocycles. The summed E-state index contributed by atoms with van der Waals surface area (Å²) in [6.45, 7) is 3.71. The number of morpholine rings is 1. The average molecular weight is 377 g/mol. The van der Waals surface area contributed by atoms with Crippen molar-refractivity contribution in [2.75, 3.05) is 32.9 Å². The van der Waals surface area contributed by atoms with Gasteiger partial charge in [-0.1, -0.05) is 30.3 Å². The average Bonchev–Trinajstić information content (AvgIpc) is 3.22. The van der Waals surface area contributed by atoms with Crippen LogP contribution in [0, 0.1) is 0 Å². The quantitative estimate of drug-likeness (QED) is 0.824. The van der Waals surface area contributed by atoms with Crippen LogP contribution in [0.25, 0.3) is 0 Å². The third kappa shape index (κ3) is 3.18. The minimum Gasteiger partial charge on any atom is -0.492 e. The first-order valence-electron chi connectivity index (χ1n) is 9.89. The zero-order valence-corrected chi connectivity index (χ0v) is 15.8. The number of ether oxygens (including phenoxy) is 2. The summed E-state index contributed by atoms with van der Waals surface area (Å²) >= 11 is 0. The van der Waals surface area contributed by atoms with Crippen LogP contribution in [0.15, 0.2) is 46.6 Å². The lowest BCUT2D eigenvalue weighted by atomic mass is 9.92. The molecule has 0 aliphatic carbocycles. The van der Waals surface area contributed by atoms with Crippen molar-refractivity contribution < 1.29 is 14.3 Å². The Morgan fingerprint density at radius 3 is 2.86 bits per heavy atom. The Morgan fingerprint density at radius 1 is 1.11 bits per heavy atom. The van der Waals surface area contributed by atoms with E-state index in [2.05, 4.69) is 34.5 Å². The summed E-state index contributed by atoms with van der Waals surface area (Å²) in [6, 6.07) is 12.5. The fraction of sp³-hybridized carbons (Fsp3) is 0.409. The van der Waals surface area contributed by atoms with Crippen LogP contribution in [0.3, 0.4) is 0 Å². The van der Waals surface area contributed by atoms with E-state index in [9.17, 15) is 4.79 Å². The van der Waals surface area contributed by atoms with Crippen LogP contribution in [0.2, 0.25) is 0 Å². The Hall–Kier alpha value is -2.73. The topological polar surface area (TPSA) is 63.5 Å². The molecule has 1 fully saturated rings. The number of fused-ring (bicyclic) bond motifs is 2. The molecule has 0 aromatic heterocycles. The van der Waals surface area contributed by atoms with Gasteiger partial charge in [-0.25, -0.2) is 0 Å². The summed E-state index contributed by atoms with van der Waals surface area (Å²) in [4.78, 5) is 15.0. The fourth-order valence-corrected chi connectivity index (χ4v) is 4.24. The lowest BCUT2D eigenvalue weighted by Gasteiger charge is -2.27. The maximum absolute atomic E-state index is 13.2. The highest BCUT2D eigenvalue weighted by atomic mass is 16.5. The molecule has 6 nitrogen and oxygen atoms in total. The fourth-order valence-electron chi connectivity index (χ4n) is 4.24. The van der Waals surface area contributed by atoms with Crippen molar-refractivity contribution in [3.63, 3.8) is 0 Å². The van der Waals surface area contributed by atoms with E-state index in [4.69, 9.17) is 9.47 Å². The van der Waals surface area contributed by atoms with Crippen LogP contribution in [0.4, 0.5) is 0 Å². The molecule has 6 heteroatoms. The van der Waals surface area contributed by atoms with Gasteiger partial charge in [0.05, 0.1) is 31.9 Å². The molecule has 144 valence electrons. The molecular weight excluding hydrogens is 354 g/mol. The highest BCUT2D eigenvalue weighted by molar-refractivity contribution is 5.98. The molecule has 2 aromatic carbocycles. The second kappa shape index (κ2) is 7.36. The predicted molar refractivity (Wildman–Crippen MR) is 104 cm³/mol. The van der Waals surface area contributed by atoms with Gasteiger partial charge in [-0.05, 0) is 28.3 Å². The van der Waals surface area contributed by atoms with Crippen LogP contribution in [-0.4, -0.2) is 43.7 Å². The van der Waals surface area contributed by atoms with E-state index in [1.54, 1.807) is 0 Å². The minimum absolute atomic E-state index is 0.00309. The number of amides is 1. The summed E-state index contributed by atoms with van der Waals surface area (Å²) in [5.41, 5.74) is 5.37. The minimum atomic E-state index is -0.00309. The van der Waals surface area contributed by atoms with Gasteiger partial charge in [-0.15, -0.1) is 0 Å². The van der Waals surface area contributed by atoms with Crippen LogP contribution in [0.5, 0.6) is 5.75 Å². The van der Waals surface area contributed by atoms with Crippen molar-refractivity contribution in [3.8, 4) is 5.75 Å².